The summed E-state index contributed by atoms with van der Waals surface area (Å²) in [6, 6.07) is 13.6. The second kappa shape index (κ2) is 13.0. The summed E-state index contributed by atoms with van der Waals surface area (Å²) in [4.78, 5) is 53.1. The van der Waals surface area contributed by atoms with Gasteiger partial charge in [0.15, 0.2) is 4.80 Å². The lowest BCUT2D eigenvalue weighted by Gasteiger charge is -2.26. The number of carbonyl (C=O) groups is 1. The molecule has 0 N–H and O–H groups in total. The number of nitro groups is 2. The van der Waals surface area contributed by atoms with Crippen LogP contribution in [0.15, 0.2) is 81.7 Å². The van der Waals surface area contributed by atoms with Gasteiger partial charge in [-0.05, 0) is 61.9 Å². The molecule has 2 heterocycles. The minimum atomic E-state index is -0.921. The molecule has 0 radical (unpaired) electrons. The van der Waals surface area contributed by atoms with Gasteiger partial charge in [0.1, 0.15) is 23.3 Å². The van der Waals surface area contributed by atoms with Crippen LogP contribution in [-0.2, 0) is 9.53 Å². The number of thiazole rings is 1. The first-order valence-corrected chi connectivity index (χ1v) is 14.5. The number of benzene rings is 3. The van der Waals surface area contributed by atoms with Crippen LogP contribution in [-0.4, -0.2) is 41.2 Å². The van der Waals surface area contributed by atoms with E-state index in [2.05, 4.69) is 4.99 Å². The molecular formula is C31H26N4O10S. The molecule has 0 unspecified atom stereocenters. The third kappa shape index (κ3) is 6.08. The van der Waals surface area contributed by atoms with E-state index in [1.165, 1.54) is 18.8 Å². The Bertz CT molecular complexity index is 2080. The smallest absolute Gasteiger partial charge is 0.338 e. The fourth-order valence-electron chi connectivity index (χ4n) is 4.90. The van der Waals surface area contributed by atoms with Crippen LogP contribution in [0.25, 0.3) is 6.08 Å². The summed E-state index contributed by atoms with van der Waals surface area (Å²) in [5, 5.41) is 22.5. The Kier molecular flexibility index (Phi) is 8.95. The van der Waals surface area contributed by atoms with Crippen molar-refractivity contribution in [2.75, 3.05) is 20.8 Å². The van der Waals surface area contributed by atoms with Crippen molar-refractivity contribution < 1.29 is 33.6 Å². The van der Waals surface area contributed by atoms with Crippen LogP contribution in [0, 0.1) is 20.2 Å². The minimum absolute atomic E-state index is 0.124. The molecule has 5 rings (SSSR count). The van der Waals surface area contributed by atoms with Crippen molar-refractivity contribution in [3.05, 3.63) is 123 Å². The number of carbonyl (C=O) groups excluding carboxylic acids is 1. The number of nitrogens with zero attached hydrogens (tertiary/aromatic N) is 4. The van der Waals surface area contributed by atoms with Gasteiger partial charge in [-0.15, -0.1) is 0 Å². The van der Waals surface area contributed by atoms with Gasteiger partial charge in [0.2, 0.25) is 5.75 Å². The van der Waals surface area contributed by atoms with Crippen molar-refractivity contribution in [3.63, 3.8) is 0 Å². The van der Waals surface area contributed by atoms with Crippen molar-refractivity contribution in [1.29, 1.82) is 0 Å². The van der Waals surface area contributed by atoms with Gasteiger partial charge in [0, 0.05) is 11.6 Å². The van der Waals surface area contributed by atoms with Gasteiger partial charge in [-0.1, -0.05) is 23.5 Å². The van der Waals surface area contributed by atoms with Crippen LogP contribution in [0.5, 0.6) is 23.0 Å². The van der Waals surface area contributed by atoms with E-state index >= 15 is 0 Å². The van der Waals surface area contributed by atoms with Crippen LogP contribution in [0.4, 0.5) is 11.4 Å². The second-order valence-electron chi connectivity index (χ2n) is 9.75. The quantitative estimate of drug-likeness (QED) is 0.136. The number of ether oxygens (including phenoxy) is 4. The molecule has 46 heavy (non-hydrogen) atoms. The summed E-state index contributed by atoms with van der Waals surface area (Å²) in [6.45, 7) is 3.49. The number of nitro benzene ring substituents is 2. The Balaban J connectivity index is 1.56. The van der Waals surface area contributed by atoms with E-state index in [0.29, 0.717) is 37.7 Å². The Morgan fingerprint density at radius 2 is 1.67 bits per heavy atom. The summed E-state index contributed by atoms with van der Waals surface area (Å²) in [7, 11) is 3.00. The van der Waals surface area contributed by atoms with Crippen LogP contribution < -0.4 is 29.1 Å². The summed E-state index contributed by atoms with van der Waals surface area (Å²) in [5.74, 6) is 0.377. The average Bonchev–Trinajstić information content (AvgIpc) is 3.34. The highest BCUT2D eigenvalue weighted by Crippen LogP contribution is 2.38. The van der Waals surface area contributed by atoms with Crippen LogP contribution in [0.3, 0.4) is 0 Å². The molecule has 0 saturated carbocycles. The topological polar surface area (TPSA) is 175 Å². The molecular weight excluding hydrogens is 620 g/mol. The number of methoxy groups -OCH3 is 2. The molecule has 1 aromatic heterocycles. The molecule has 0 amide bonds. The van der Waals surface area contributed by atoms with Crippen molar-refractivity contribution >= 4 is 34.8 Å². The van der Waals surface area contributed by atoms with E-state index in [0.717, 1.165) is 29.5 Å². The summed E-state index contributed by atoms with van der Waals surface area (Å²) in [6.07, 6.45) is 1.64. The number of hydrogen-bond acceptors (Lipinski definition) is 12. The first-order valence-electron chi connectivity index (χ1n) is 13.7. The van der Waals surface area contributed by atoms with Gasteiger partial charge in [-0.2, -0.15) is 0 Å². The molecule has 1 atom stereocenters. The molecule has 236 valence electrons. The Hall–Kier alpha value is -5.83. The van der Waals surface area contributed by atoms with Gasteiger partial charge in [-0.3, -0.25) is 29.6 Å². The van der Waals surface area contributed by atoms with E-state index in [-0.39, 0.29) is 23.7 Å². The van der Waals surface area contributed by atoms with Crippen LogP contribution in [0.2, 0.25) is 0 Å². The average molecular weight is 647 g/mol. The number of non-ortho nitro benzene ring substituents is 1. The van der Waals surface area contributed by atoms with Gasteiger partial charge < -0.3 is 18.9 Å². The standard InChI is InChI=1S/C31H26N4O10S/c1-5-44-30(37)27-17(2)32-31-33(28(27)22-16-21(42-3)11-13-24(22)43-4)29(36)26(46-31)14-18-6-9-20(10-7-18)45-25-12-8-19(34(38)39)15-23(25)35(40)41/h6-16,28H,5H2,1-4H3/b26-14-/t28-/m0/s1. The third-order valence-corrected chi connectivity index (χ3v) is 7.99. The number of hydrogen-bond donors (Lipinski definition) is 0. The highest BCUT2D eigenvalue weighted by atomic mass is 32.1. The molecule has 1 aliphatic heterocycles. The van der Waals surface area contributed by atoms with E-state index in [9.17, 15) is 29.8 Å². The lowest BCUT2D eigenvalue weighted by atomic mass is 9.94. The fourth-order valence-corrected chi connectivity index (χ4v) is 5.94. The number of rotatable bonds is 10. The molecule has 1 aliphatic rings. The van der Waals surface area contributed by atoms with Crippen molar-refractivity contribution in [3.8, 4) is 23.0 Å². The van der Waals surface area contributed by atoms with E-state index in [4.69, 9.17) is 18.9 Å². The van der Waals surface area contributed by atoms with E-state index in [1.54, 1.807) is 62.4 Å². The lowest BCUT2D eigenvalue weighted by Crippen LogP contribution is -2.40. The molecule has 3 aromatic carbocycles. The third-order valence-electron chi connectivity index (χ3n) is 7.00. The zero-order chi connectivity index (χ0) is 33.1. The number of allylic oxidation sites excluding steroid dienone is 1. The highest BCUT2D eigenvalue weighted by Gasteiger charge is 2.35. The number of fused-ring (bicyclic) bond motifs is 1. The van der Waals surface area contributed by atoms with Crippen LogP contribution in [0.1, 0.15) is 31.0 Å². The SMILES string of the molecule is CCOC(=O)C1=C(C)N=c2s/c(=C\c3ccc(Oc4ccc([N+](=O)[O-])cc4[N+](=O)[O-])cc3)c(=O)n2[C@H]1c1cc(OC)ccc1OC. The molecule has 0 aliphatic carbocycles. The Morgan fingerprint density at radius 3 is 2.30 bits per heavy atom. The molecule has 15 heteroatoms. The Morgan fingerprint density at radius 1 is 0.978 bits per heavy atom. The fraction of sp³-hybridized carbons (Fsp3) is 0.194. The van der Waals surface area contributed by atoms with Crippen molar-refractivity contribution in [1.82, 2.24) is 4.57 Å². The largest absolute Gasteiger partial charge is 0.497 e. The minimum Gasteiger partial charge on any atom is -0.497 e. The molecule has 4 aromatic rings. The first kappa shape index (κ1) is 31.6. The molecule has 0 saturated heterocycles. The predicted molar refractivity (Wildman–Crippen MR) is 166 cm³/mol. The highest BCUT2D eigenvalue weighted by molar-refractivity contribution is 7.07. The van der Waals surface area contributed by atoms with Gasteiger partial charge >= 0.3 is 11.7 Å². The maximum Gasteiger partial charge on any atom is 0.338 e. The Labute approximate surface area is 264 Å². The maximum atomic E-state index is 14.0. The maximum absolute atomic E-state index is 14.0. The van der Waals surface area contributed by atoms with Gasteiger partial charge in [0.05, 0.1) is 52.5 Å². The molecule has 0 bridgehead atoms. The normalized spacial score (nSPS) is 14.3. The molecule has 0 fully saturated rings. The van der Waals surface area contributed by atoms with Crippen molar-refractivity contribution in [2.45, 2.75) is 19.9 Å². The van der Waals surface area contributed by atoms with Crippen molar-refractivity contribution in [2.24, 2.45) is 4.99 Å². The zero-order valence-electron chi connectivity index (χ0n) is 24.9. The van der Waals surface area contributed by atoms with Crippen LogP contribution >= 0.6 is 11.3 Å². The monoisotopic (exact) mass is 646 g/mol. The summed E-state index contributed by atoms with van der Waals surface area (Å²) < 4.78 is 23.8. The molecule has 0 spiro atoms. The summed E-state index contributed by atoms with van der Waals surface area (Å²) >= 11 is 1.13. The van der Waals surface area contributed by atoms with Gasteiger partial charge in [0.25, 0.3) is 11.2 Å². The summed E-state index contributed by atoms with van der Waals surface area (Å²) in [5.41, 5.74) is 0.292. The molecule has 14 nitrogen and oxygen atoms in total. The predicted octanol–water partition coefficient (Wildman–Crippen LogP) is 4.42. The van der Waals surface area contributed by atoms with E-state index < -0.39 is 38.8 Å². The second-order valence-corrected chi connectivity index (χ2v) is 10.8. The van der Waals surface area contributed by atoms with E-state index in [1.807, 2.05) is 0 Å². The first-order chi connectivity index (χ1) is 22.1. The van der Waals surface area contributed by atoms with Gasteiger partial charge in [-0.25, -0.2) is 9.79 Å². The zero-order valence-corrected chi connectivity index (χ0v) is 25.7. The number of aromatic nitrogens is 1. The lowest BCUT2D eigenvalue weighted by molar-refractivity contribution is -0.394. The number of esters is 1.